The van der Waals surface area contributed by atoms with E-state index in [1.807, 2.05) is 20.8 Å². The monoisotopic (exact) mass is 791 g/mol. The molecule has 6 rings (SSSR count). The van der Waals surface area contributed by atoms with Gasteiger partial charge in [0.05, 0.1) is 27.9 Å². The smallest absolute Gasteiger partial charge is 0.465 e. The van der Waals surface area contributed by atoms with E-state index < -0.39 is 53.2 Å². The normalized spacial score (nSPS) is 16.1. The highest BCUT2D eigenvalue weighted by Crippen LogP contribution is 2.46. The maximum absolute atomic E-state index is 15.2. The summed E-state index contributed by atoms with van der Waals surface area (Å²) in [6.07, 6.45) is 2.39. The van der Waals surface area contributed by atoms with Gasteiger partial charge in [0.2, 0.25) is 5.96 Å². The fourth-order valence-corrected chi connectivity index (χ4v) is 6.43. The number of alkyl halides is 2. The summed E-state index contributed by atoms with van der Waals surface area (Å²) in [5, 5.41) is 31.3. The first-order valence-electron chi connectivity index (χ1n) is 16.6. The van der Waals surface area contributed by atoms with Crippen LogP contribution in [0.3, 0.4) is 0 Å². The average molecular weight is 792 g/mol. The molecule has 3 aromatic carbocycles. The van der Waals surface area contributed by atoms with Gasteiger partial charge >= 0.3 is 18.8 Å². The largest absolute Gasteiger partial charge is 0.513 e. The van der Waals surface area contributed by atoms with E-state index in [-0.39, 0.29) is 28.8 Å². The number of nitro groups is 1. The number of halogens is 3. The van der Waals surface area contributed by atoms with Crippen molar-refractivity contribution >= 4 is 41.4 Å². The van der Waals surface area contributed by atoms with E-state index in [1.165, 1.54) is 47.9 Å². The number of nitrogens with one attached hydrogen (secondary N) is 1. The zero-order valence-electron chi connectivity index (χ0n) is 29.7. The van der Waals surface area contributed by atoms with Crippen LogP contribution in [0.1, 0.15) is 50.9 Å². The first-order valence-corrected chi connectivity index (χ1v) is 17.0. The van der Waals surface area contributed by atoms with Gasteiger partial charge in [-0.05, 0) is 52.8 Å². The second kappa shape index (κ2) is 15.5. The van der Waals surface area contributed by atoms with Gasteiger partial charge in [0.15, 0.2) is 5.54 Å². The summed E-state index contributed by atoms with van der Waals surface area (Å²) in [7, 11) is 0. The summed E-state index contributed by atoms with van der Waals surface area (Å²) < 4.78 is 39.1. The average Bonchev–Trinajstić information content (AvgIpc) is 3.91. The highest BCUT2D eigenvalue weighted by atomic mass is 35.5. The van der Waals surface area contributed by atoms with Gasteiger partial charge in [0.1, 0.15) is 25.0 Å². The summed E-state index contributed by atoms with van der Waals surface area (Å²) in [6, 6.07) is 14.4. The maximum atomic E-state index is 15.2. The molecule has 56 heavy (non-hydrogen) atoms. The Balaban J connectivity index is 1.42. The topological polar surface area (TPSA) is 209 Å². The molecule has 0 fully saturated rings. The number of carboxylic acid groups (broad SMARTS) is 1. The second-order valence-electron chi connectivity index (χ2n) is 13.7. The summed E-state index contributed by atoms with van der Waals surface area (Å²) in [6.45, 7) is 2.15. The minimum absolute atomic E-state index is 0.0589. The highest BCUT2D eigenvalue weighted by Gasteiger charge is 2.54. The Morgan fingerprint density at radius 2 is 1.77 bits per heavy atom. The third-order valence-electron chi connectivity index (χ3n) is 8.54. The number of ether oxygens (including phenoxy) is 2. The second-order valence-corrected chi connectivity index (χ2v) is 14.1. The van der Waals surface area contributed by atoms with Crippen LogP contribution in [0.25, 0.3) is 16.8 Å². The Labute approximate surface area is 321 Å². The van der Waals surface area contributed by atoms with Crippen LogP contribution >= 0.6 is 11.6 Å². The standard InChI is InChI=1S/C36H32ClF2N9O8/c1-35(2,3)18-36(24-7-4-21(5-8-24)23-15-41-45(16-23)31(38)39)30(49)47(32(44-36)43-33(50)51)29(22-6-13-27(37)28(14-22)46-20-40-19-42-46)17-55-34(52)56-26-11-9-25(10-12-26)48(53)54/h4-16,19-20,29,31H,17-18H2,1-3H3,(H,43,44)(H,50,51)/t29?,36-/m1/s1. The van der Waals surface area contributed by atoms with Crippen LogP contribution in [0.4, 0.5) is 24.1 Å². The molecule has 0 bridgehead atoms. The van der Waals surface area contributed by atoms with E-state index in [9.17, 15) is 33.6 Å². The lowest BCUT2D eigenvalue weighted by atomic mass is 9.75. The lowest BCUT2D eigenvalue weighted by Crippen LogP contribution is -2.49. The molecule has 0 saturated carbocycles. The number of benzene rings is 3. The quantitative estimate of drug-likeness (QED) is 0.0594. The number of aliphatic imine (C=N–C) groups is 1. The van der Waals surface area contributed by atoms with Gasteiger partial charge in [-0.2, -0.15) is 19.0 Å². The molecule has 0 spiro atoms. The maximum Gasteiger partial charge on any atom is 0.513 e. The Morgan fingerprint density at radius 1 is 1.05 bits per heavy atom. The molecule has 2 atom stereocenters. The van der Waals surface area contributed by atoms with Gasteiger partial charge in [-0.15, -0.1) is 0 Å². The molecule has 1 aliphatic rings. The van der Waals surface area contributed by atoms with Crippen LogP contribution < -0.4 is 10.1 Å². The number of non-ortho nitro benzene ring substituents is 1. The number of carbonyl (C=O) groups is 3. The van der Waals surface area contributed by atoms with Gasteiger partial charge in [-0.25, -0.2) is 28.9 Å². The number of nitro benzene ring substituents is 1. The first kappa shape index (κ1) is 38.9. The molecule has 1 unspecified atom stereocenters. The molecule has 0 saturated heterocycles. The van der Waals surface area contributed by atoms with Gasteiger partial charge in [0, 0.05) is 23.9 Å². The molecule has 2 aromatic heterocycles. The zero-order valence-corrected chi connectivity index (χ0v) is 30.5. The lowest BCUT2D eigenvalue weighted by molar-refractivity contribution is -0.384. The molecule has 0 radical (unpaired) electrons. The SMILES string of the molecule is CC(C)(C)C[C@]1(c2ccc(-c3cnn(C(F)F)c3)cc2)N=C(NC(=O)O)N(C(COC(=O)Oc2ccc([N+](=O)[O-])cc2)c2ccc(Cl)c(-n3cncn3)c2)C1=O. The van der Waals surface area contributed by atoms with Gasteiger partial charge < -0.3 is 14.6 Å². The van der Waals surface area contributed by atoms with E-state index >= 15 is 4.79 Å². The first-order chi connectivity index (χ1) is 26.5. The molecule has 1 aliphatic heterocycles. The number of nitrogens with zero attached hydrogens (tertiary/aromatic N) is 8. The molecule has 0 aliphatic carbocycles. The van der Waals surface area contributed by atoms with Crippen LogP contribution in [0.15, 0.2) is 96.8 Å². The number of hydrogen-bond acceptors (Lipinski definition) is 11. The Kier molecular flexibility index (Phi) is 10.8. The van der Waals surface area contributed by atoms with Gasteiger partial charge in [-0.1, -0.05) is 62.7 Å². The molecular weight excluding hydrogens is 760 g/mol. The van der Waals surface area contributed by atoms with Crippen molar-refractivity contribution in [2.75, 3.05) is 6.61 Å². The molecule has 2 N–H and O–H groups in total. The predicted octanol–water partition coefficient (Wildman–Crippen LogP) is 7.14. The summed E-state index contributed by atoms with van der Waals surface area (Å²) in [4.78, 5) is 60.7. The Morgan fingerprint density at radius 3 is 2.36 bits per heavy atom. The Bertz CT molecular complexity index is 2300. The summed E-state index contributed by atoms with van der Waals surface area (Å²) >= 11 is 6.53. The number of carbonyl (C=O) groups excluding carboxylic acids is 2. The zero-order chi connectivity index (χ0) is 40.4. The van der Waals surface area contributed by atoms with E-state index in [1.54, 1.807) is 36.4 Å². The van der Waals surface area contributed by atoms with E-state index in [4.69, 9.17) is 26.1 Å². The van der Waals surface area contributed by atoms with E-state index in [0.29, 0.717) is 32.6 Å². The van der Waals surface area contributed by atoms with Crippen LogP contribution in [0.5, 0.6) is 5.75 Å². The van der Waals surface area contributed by atoms with E-state index in [0.717, 1.165) is 17.0 Å². The van der Waals surface area contributed by atoms with E-state index in [2.05, 4.69) is 20.5 Å². The van der Waals surface area contributed by atoms with Crippen molar-refractivity contribution in [2.24, 2.45) is 10.4 Å². The Hall–Kier alpha value is -6.76. The lowest BCUT2D eigenvalue weighted by Gasteiger charge is -2.35. The minimum atomic E-state index is -2.84. The highest BCUT2D eigenvalue weighted by molar-refractivity contribution is 6.32. The third-order valence-corrected chi connectivity index (χ3v) is 8.86. The van der Waals surface area contributed by atoms with Gasteiger partial charge in [0.25, 0.3) is 11.6 Å². The van der Waals surface area contributed by atoms with Crippen LogP contribution in [-0.2, 0) is 15.1 Å². The van der Waals surface area contributed by atoms with Crippen molar-refractivity contribution in [3.05, 3.63) is 118 Å². The molecular formula is C36H32ClF2N9O8. The number of hydrogen-bond donors (Lipinski definition) is 2. The molecule has 2 amide bonds. The number of rotatable bonds is 11. The van der Waals surface area contributed by atoms with Crippen LogP contribution in [0.2, 0.25) is 5.02 Å². The molecule has 17 nitrogen and oxygen atoms in total. The molecule has 3 heterocycles. The van der Waals surface area contributed by atoms with Gasteiger partial charge in [-0.3, -0.25) is 25.1 Å². The van der Waals surface area contributed by atoms with Crippen molar-refractivity contribution in [3.8, 4) is 22.6 Å². The number of amides is 2. The fourth-order valence-electron chi connectivity index (χ4n) is 6.23. The molecule has 5 aromatic rings. The summed E-state index contributed by atoms with van der Waals surface area (Å²) in [5.74, 6) is -1.15. The van der Waals surface area contributed by atoms with Crippen molar-refractivity contribution in [1.82, 2.24) is 34.8 Å². The van der Waals surface area contributed by atoms with Crippen molar-refractivity contribution in [3.63, 3.8) is 0 Å². The minimum Gasteiger partial charge on any atom is -0.465 e. The van der Waals surface area contributed by atoms with Crippen molar-refractivity contribution in [2.45, 2.75) is 45.3 Å². The van der Waals surface area contributed by atoms with Crippen LogP contribution in [0, 0.1) is 15.5 Å². The third kappa shape index (κ3) is 8.31. The summed E-state index contributed by atoms with van der Waals surface area (Å²) in [5.41, 5.74) is -0.702. The number of aromatic nitrogens is 5. The molecule has 290 valence electrons. The van der Waals surface area contributed by atoms with Crippen LogP contribution in [-0.4, -0.2) is 70.2 Å². The fraction of sp³-hybridized carbons (Fsp3) is 0.250. The van der Waals surface area contributed by atoms with Crippen molar-refractivity contribution < 1.29 is 42.7 Å². The molecule has 20 heteroatoms. The predicted molar refractivity (Wildman–Crippen MR) is 194 cm³/mol. The van der Waals surface area contributed by atoms with Crippen molar-refractivity contribution in [1.29, 1.82) is 0 Å². The number of guanidine groups is 1.